The molecule has 0 spiro atoms. The van der Waals surface area contributed by atoms with Crippen LogP contribution in [0.1, 0.15) is 44.0 Å². The molecule has 1 aromatic heterocycles. The summed E-state index contributed by atoms with van der Waals surface area (Å²) in [6.07, 6.45) is 0. The van der Waals surface area contributed by atoms with Crippen LogP contribution in [0.25, 0.3) is 10.9 Å². The van der Waals surface area contributed by atoms with Gasteiger partial charge in [-0.3, -0.25) is 14.2 Å². The number of benzene rings is 3. The molecule has 1 N–H and O–H groups in total. The quantitative estimate of drug-likeness (QED) is 0.300. The second kappa shape index (κ2) is 10.0. The zero-order valence-electron chi connectivity index (χ0n) is 18.9. The van der Waals surface area contributed by atoms with Crippen molar-refractivity contribution in [3.05, 3.63) is 106 Å². The predicted molar refractivity (Wildman–Crippen MR) is 135 cm³/mol. The van der Waals surface area contributed by atoms with Gasteiger partial charge >= 0.3 is 0 Å². The van der Waals surface area contributed by atoms with Crippen molar-refractivity contribution in [3.8, 4) is 0 Å². The van der Waals surface area contributed by atoms with Gasteiger partial charge in [0.15, 0.2) is 5.16 Å². The van der Waals surface area contributed by atoms with Crippen LogP contribution in [-0.2, 0) is 4.79 Å². The number of carbonyl (C=O) groups excluding carboxylic acids is 1. The van der Waals surface area contributed by atoms with Crippen LogP contribution < -0.4 is 10.9 Å². The highest BCUT2D eigenvalue weighted by Gasteiger charge is 2.24. The summed E-state index contributed by atoms with van der Waals surface area (Å²) in [4.78, 5) is 31.1. The molecule has 1 unspecified atom stereocenters. The Labute approximate surface area is 197 Å². The molecule has 0 bridgehead atoms. The van der Waals surface area contributed by atoms with E-state index >= 15 is 0 Å². The second-order valence-corrected chi connectivity index (χ2v) is 9.51. The normalized spacial score (nSPS) is 12.3. The van der Waals surface area contributed by atoms with Crippen molar-refractivity contribution in [2.45, 2.75) is 43.3 Å². The van der Waals surface area contributed by atoms with E-state index in [0.717, 1.165) is 11.1 Å². The minimum Gasteiger partial charge on any atom is -0.344 e. The van der Waals surface area contributed by atoms with Gasteiger partial charge in [0.1, 0.15) is 0 Å². The Kier molecular flexibility index (Phi) is 6.94. The van der Waals surface area contributed by atoms with Gasteiger partial charge in [-0.2, -0.15) is 0 Å². The van der Waals surface area contributed by atoms with Gasteiger partial charge in [0, 0.05) is 6.04 Å². The molecule has 0 saturated carbocycles. The van der Waals surface area contributed by atoms with E-state index in [0.29, 0.717) is 16.1 Å². The van der Waals surface area contributed by atoms with Crippen molar-refractivity contribution in [2.24, 2.45) is 0 Å². The number of amides is 1. The minimum absolute atomic E-state index is 0.0752. The summed E-state index contributed by atoms with van der Waals surface area (Å²) in [5, 5.41) is 3.88. The lowest BCUT2D eigenvalue weighted by Crippen LogP contribution is -2.35. The lowest BCUT2D eigenvalue weighted by atomic mass is 9.98. The number of hydrogen-bond donors (Lipinski definition) is 1. The van der Waals surface area contributed by atoms with Gasteiger partial charge in [-0.25, -0.2) is 4.98 Å². The fourth-order valence-electron chi connectivity index (χ4n) is 3.79. The van der Waals surface area contributed by atoms with Crippen molar-refractivity contribution >= 4 is 28.6 Å². The topological polar surface area (TPSA) is 64.0 Å². The number of nitrogens with one attached hydrogen (secondary N) is 1. The van der Waals surface area contributed by atoms with Crippen LogP contribution >= 0.6 is 11.8 Å². The van der Waals surface area contributed by atoms with Crippen LogP contribution in [0.2, 0.25) is 0 Å². The van der Waals surface area contributed by atoms with Crippen molar-refractivity contribution in [1.29, 1.82) is 0 Å². The molecule has 5 nitrogen and oxygen atoms in total. The average Bonchev–Trinajstić information content (AvgIpc) is 2.83. The third kappa shape index (κ3) is 5.01. The second-order valence-electron chi connectivity index (χ2n) is 8.20. The van der Waals surface area contributed by atoms with Gasteiger partial charge in [-0.1, -0.05) is 84.6 Å². The first-order valence-corrected chi connectivity index (χ1v) is 11.9. The Balaban J connectivity index is 1.63. The number of rotatable bonds is 7. The molecule has 0 aliphatic heterocycles. The molecule has 0 fully saturated rings. The molecule has 168 valence electrons. The molecule has 1 amide bonds. The summed E-state index contributed by atoms with van der Waals surface area (Å²) in [6, 6.07) is 26.8. The smallest absolute Gasteiger partial charge is 0.262 e. The van der Waals surface area contributed by atoms with Crippen LogP contribution in [0.5, 0.6) is 0 Å². The van der Waals surface area contributed by atoms with E-state index in [1.165, 1.54) is 11.8 Å². The predicted octanol–water partition coefficient (Wildman–Crippen LogP) is 5.36. The van der Waals surface area contributed by atoms with E-state index in [9.17, 15) is 9.59 Å². The summed E-state index contributed by atoms with van der Waals surface area (Å²) in [7, 11) is 0. The van der Waals surface area contributed by atoms with E-state index in [4.69, 9.17) is 4.98 Å². The number of fused-ring (bicyclic) bond motifs is 1. The third-order valence-electron chi connectivity index (χ3n) is 5.50. The molecule has 4 aromatic rings. The van der Waals surface area contributed by atoms with Gasteiger partial charge in [-0.15, -0.1) is 0 Å². The van der Waals surface area contributed by atoms with Crippen molar-refractivity contribution in [1.82, 2.24) is 14.9 Å². The highest BCUT2D eigenvalue weighted by Crippen LogP contribution is 2.27. The van der Waals surface area contributed by atoms with Crippen LogP contribution in [0.3, 0.4) is 0 Å². The van der Waals surface area contributed by atoms with Gasteiger partial charge in [0.2, 0.25) is 5.91 Å². The number of thioether (sulfide) groups is 1. The Bertz CT molecular complexity index is 1260. The summed E-state index contributed by atoms with van der Waals surface area (Å²) in [5.74, 6) is -0.115. The van der Waals surface area contributed by atoms with Crippen LogP contribution in [0.4, 0.5) is 0 Å². The standard InChI is InChI=1S/C27H27N3O2S/c1-18(2)30-26(32)22-16-10-11-17-23(22)28-27(30)33-19(3)25(31)29-24(20-12-6-4-7-13-20)21-14-8-5-9-15-21/h4-19,24H,1-3H3,(H,29,31). The van der Waals surface area contributed by atoms with Crippen LogP contribution in [0, 0.1) is 0 Å². The fourth-order valence-corrected chi connectivity index (χ4v) is 4.84. The molecule has 4 rings (SSSR count). The Morgan fingerprint density at radius 2 is 1.39 bits per heavy atom. The minimum atomic E-state index is -0.446. The third-order valence-corrected chi connectivity index (χ3v) is 6.56. The molecule has 0 aliphatic rings. The number of carbonyl (C=O) groups is 1. The fraction of sp³-hybridized carbons (Fsp3) is 0.222. The first-order valence-electron chi connectivity index (χ1n) is 11.0. The maximum atomic E-state index is 13.3. The monoisotopic (exact) mass is 457 g/mol. The summed E-state index contributed by atoms with van der Waals surface area (Å²) < 4.78 is 1.67. The number of para-hydroxylation sites is 1. The van der Waals surface area contributed by atoms with Crippen LogP contribution in [-0.4, -0.2) is 20.7 Å². The zero-order valence-corrected chi connectivity index (χ0v) is 19.8. The molecule has 1 heterocycles. The zero-order chi connectivity index (χ0) is 23.4. The van der Waals surface area contributed by atoms with Gasteiger partial charge in [0.25, 0.3) is 5.56 Å². The number of hydrogen-bond acceptors (Lipinski definition) is 4. The average molecular weight is 458 g/mol. The SMILES string of the molecule is CC(Sc1nc2ccccc2c(=O)n1C(C)C)C(=O)NC(c1ccccc1)c1ccccc1. The molecule has 0 aliphatic carbocycles. The summed E-state index contributed by atoms with van der Waals surface area (Å²) in [5.41, 5.74) is 2.58. The van der Waals surface area contributed by atoms with Crippen molar-refractivity contribution in [3.63, 3.8) is 0 Å². The summed E-state index contributed by atoms with van der Waals surface area (Å²) >= 11 is 1.31. The van der Waals surface area contributed by atoms with Crippen molar-refractivity contribution in [2.75, 3.05) is 0 Å². The Hall–Kier alpha value is -3.38. The maximum Gasteiger partial charge on any atom is 0.262 e. The first kappa shape index (κ1) is 22.8. The number of nitrogens with zero attached hydrogens (tertiary/aromatic N) is 2. The first-order chi connectivity index (χ1) is 16.0. The molecule has 6 heteroatoms. The largest absolute Gasteiger partial charge is 0.344 e. The molecule has 1 atom stereocenters. The van der Waals surface area contributed by atoms with E-state index < -0.39 is 5.25 Å². The highest BCUT2D eigenvalue weighted by atomic mass is 32.2. The molecular weight excluding hydrogens is 430 g/mol. The van der Waals surface area contributed by atoms with E-state index in [-0.39, 0.29) is 23.6 Å². The lowest BCUT2D eigenvalue weighted by Gasteiger charge is -2.23. The number of aromatic nitrogens is 2. The Morgan fingerprint density at radius 3 is 1.97 bits per heavy atom. The van der Waals surface area contributed by atoms with Crippen molar-refractivity contribution < 1.29 is 4.79 Å². The van der Waals surface area contributed by atoms with Gasteiger partial charge in [-0.05, 0) is 44.0 Å². The van der Waals surface area contributed by atoms with Crippen LogP contribution in [0.15, 0.2) is 94.9 Å². The van der Waals surface area contributed by atoms with Gasteiger partial charge < -0.3 is 5.32 Å². The highest BCUT2D eigenvalue weighted by molar-refractivity contribution is 8.00. The molecular formula is C27H27N3O2S. The molecule has 0 saturated heterocycles. The summed E-state index contributed by atoms with van der Waals surface area (Å²) in [6.45, 7) is 5.75. The lowest BCUT2D eigenvalue weighted by molar-refractivity contribution is -0.120. The van der Waals surface area contributed by atoms with E-state index in [1.807, 2.05) is 99.6 Å². The maximum absolute atomic E-state index is 13.3. The molecule has 0 radical (unpaired) electrons. The molecule has 33 heavy (non-hydrogen) atoms. The molecule has 3 aromatic carbocycles. The van der Waals surface area contributed by atoms with Gasteiger partial charge in [0.05, 0.1) is 22.2 Å². The Morgan fingerprint density at radius 1 is 0.848 bits per heavy atom. The van der Waals surface area contributed by atoms with E-state index in [1.54, 1.807) is 10.6 Å². The van der Waals surface area contributed by atoms with E-state index in [2.05, 4.69) is 5.32 Å².